The van der Waals surface area contributed by atoms with Crippen LogP contribution in [0.15, 0.2) is 29.0 Å². The Morgan fingerprint density at radius 2 is 1.92 bits per heavy atom. The lowest BCUT2D eigenvalue weighted by molar-refractivity contribution is 0.788. The molecule has 24 heavy (non-hydrogen) atoms. The number of nitrogens with two attached hydrogens (primary N) is 1. The van der Waals surface area contributed by atoms with Crippen LogP contribution < -0.4 is 11.1 Å². The van der Waals surface area contributed by atoms with Gasteiger partial charge in [0.2, 0.25) is 5.95 Å². The number of benzene rings is 1. The third-order valence-corrected chi connectivity index (χ3v) is 4.46. The molecule has 0 amide bonds. The van der Waals surface area contributed by atoms with Crippen molar-refractivity contribution in [3.63, 3.8) is 0 Å². The normalized spacial score (nSPS) is 11.1. The zero-order chi connectivity index (χ0) is 17.1. The number of nitrogens with one attached hydrogen (secondary N) is 1. The molecule has 0 aliphatic carbocycles. The Hall–Kier alpha value is -2.15. The van der Waals surface area contributed by atoms with Crippen LogP contribution in [0.1, 0.15) is 30.9 Å². The highest BCUT2D eigenvalue weighted by Crippen LogP contribution is 2.24. The summed E-state index contributed by atoms with van der Waals surface area (Å²) in [7, 11) is 0. The van der Waals surface area contributed by atoms with E-state index in [9.17, 15) is 0 Å². The maximum Gasteiger partial charge on any atom is 0.226 e. The fourth-order valence-electron chi connectivity index (χ4n) is 2.47. The molecule has 0 saturated carbocycles. The molecule has 3 aromatic rings. The molecule has 126 valence electrons. The maximum atomic E-state index is 6.07. The molecule has 0 fully saturated rings. The van der Waals surface area contributed by atoms with Crippen molar-refractivity contribution in [2.45, 2.75) is 33.2 Å². The molecule has 0 bridgehead atoms. The minimum absolute atomic E-state index is 0.391. The van der Waals surface area contributed by atoms with Crippen LogP contribution in [0.2, 0.25) is 0 Å². The molecule has 0 aliphatic heterocycles. The monoisotopic (exact) mass is 388 g/mol. The molecule has 3 N–H and O–H groups in total. The van der Waals surface area contributed by atoms with Crippen LogP contribution in [0.25, 0.3) is 11.2 Å². The summed E-state index contributed by atoms with van der Waals surface area (Å²) < 4.78 is 2.70. The van der Waals surface area contributed by atoms with Gasteiger partial charge in [0, 0.05) is 6.54 Å². The number of nitrogens with zero attached hydrogens (tertiary/aromatic N) is 4. The summed E-state index contributed by atoms with van der Waals surface area (Å²) in [5.41, 5.74) is 9.84. The van der Waals surface area contributed by atoms with Crippen molar-refractivity contribution < 1.29 is 0 Å². The Morgan fingerprint density at radius 3 is 2.62 bits per heavy atom. The summed E-state index contributed by atoms with van der Waals surface area (Å²) in [6, 6.07) is 8.42. The van der Waals surface area contributed by atoms with Gasteiger partial charge in [0.1, 0.15) is 0 Å². The first-order chi connectivity index (χ1) is 11.6. The van der Waals surface area contributed by atoms with Gasteiger partial charge in [-0.2, -0.15) is 9.97 Å². The van der Waals surface area contributed by atoms with Gasteiger partial charge in [-0.25, -0.2) is 4.98 Å². The van der Waals surface area contributed by atoms with Crippen LogP contribution in [0.5, 0.6) is 0 Å². The third kappa shape index (κ3) is 3.51. The second-order valence-electron chi connectivity index (χ2n) is 5.84. The quantitative estimate of drug-likeness (QED) is 0.496. The van der Waals surface area contributed by atoms with Gasteiger partial charge in [-0.15, -0.1) is 0 Å². The minimum atomic E-state index is 0.391. The largest absolute Gasteiger partial charge is 0.382 e. The second kappa shape index (κ2) is 7.17. The summed E-state index contributed by atoms with van der Waals surface area (Å²) in [6.45, 7) is 5.72. The van der Waals surface area contributed by atoms with E-state index in [-0.39, 0.29) is 0 Å². The van der Waals surface area contributed by atoms with Gasteiger partial charge in [-0.05, 0) is 34.8 Å². The lowest BCUT2D eigenvalue weighted by Gasteiger charge is -2.08. The fraction of sp³-hybridized carbons (Fsp3) is 0.353. The lowest BCUT2D eigenvalue weighted by Crippen LogP contribution is -2.08. The highest BCUT2D eigenvalue weighted by atomic mass is 79.9. The lowest BCUT2D eigenvalue weighted by atomic mass is 10.1. The zero-order valence-corrected chi connectivity index (χ0v) is 15.5. The molecule has 6 nitrogen and oxygen atoms in total. The van der Waals surface area contributed by atoms with Gasteiger partial charge < -0.3 is 11.1 Å². The molecule has 2 heterocycles. The molecule has 0 spiro atoms. The number of hydrogen-bond acceptors (Lipinski definition) is 5. The average Bonchev–Trinajstić information content (AvgIpc) is 2.87. The standard InChI is InChI=1S/C17H21BrN6/c1-3-4-9-20-17-22-14(19)13-15(23-17)24(16(18)21-13)10-12-7-5-11(2)6-8-12/h5-8H,3-4,9-10H2,1-2H3,(H3,19,20,22,23). The van der Waals surface area contributed by atoms with Crippen LogP contribution in [0.4, 0.5) is 11.8 Å². The van der Waals surface area contributed by atoms with Gasteiger partial charge in [-0.1, -0.05) is 43.2 Å². The average molecular weight is 389 g/mol. The summed E-state index contributed by atoms with van der Waals surface area (Å²) in [4.78, 5) is 13.4. The SMILES string of the molecule is CCCCNc1nc(N)c2nc(Br)n(Cc3ccc(C)cc3)c2n1. The predicted octanol–water partition coefficient (Wildman–Crippen LogP) is 3.74. The van der Waals surface area contributed by atoms with Gasteiger partial charge >= 0.3 is 0 Å². The van der Waals surface area contributed by atoms with E-state index in [1.807, 2.05) is 4.57 Å². The number of rotatable bonds is 6. The van der Waals surface area contributed by atoms with Crippen molar-refractivity contribution in [1.29, 1.82) is 0 Å². The van der Waals surface area contributed by atoms with Crippen molar-refractivity contribution in [2.75, 3.05) is 17.6 Å². The first-order valence-electron chi connectivity index (χ1n) is 8.07. The number of imidazole rings is 1. The van der Waals surface area contributed by atoms with Gasteiger partial charge in [0.15, 0.2) is 21.7 Å². The molecule has 7 heteroatoms. The van der Waals surface area contributed by atoms with Crippen LogP contribution >= 0.6 is 15.9 Å². The second-order valence-corrected chi connectivity index (χ2v) is 6.55. The van der Waals surface area contributed by atoms with Crippen LogP contribution in [-0.4, -0.2) is 26.1 Å². The Morgan fingerprint density at radius 1 is 1.17 bits per heavy atom. The highest BCUT2D eigenvalue weighted by Gasteiger charge is 2.15. The number of nitrogen functional groups attached to an aromatic ring is 1. The minimum Gasteiger partial charge on any atom is -0.382 e. The molecule has 0 aliphatic rings. The first kappa shape index (κ1) is 16.7. The highest BCUT2D eigenvalue weighted by molar-refractivity contribution is 9.10. The molecule has 2 aromatic heterocycles. The van der Waals surface area contributed by atoms with E-state index < -0.39 is 0 Å². The van der Waals surface area contributed by atoms with Crippen LogP contribution in [0, 0.1) is 6.92 Å². The zero-order valence-electron chi connectivity index (χ0n) is 13.9. The number of halogens is 1. The summed E-state index contributed by atoms with van der Waals surface area (Å²) in [6.07, 6.45) is 2.18. The van der Waals surface area contributed by atoms with Crippen LogP contribution in [0.3, 0.4) is 0 Å². The predicted molar refractivity (Wildman–Crippen MR) is 101 cm³/mol. The smallest absolute Gasteiger partial charge is 0.226 e. The summed E-state index contributed by atoms with van der Waals surface area (Å²) in [5, 5.41) is 3.23. The topological polar surface area (TPSA) is 81.6 Å². The number of fused-ring (bicyclic) bond motifs is 1. The Bertz CT molecular complexity index is 840. The number of unbranched alkanes of at least 4 members (excludes halogenated alkanes) is 1. The summed E-state index contributed by atoms with van der Waals surface area (Å²) in [5.74, 6) is 0.938. The van der Waals surface area contributed by atoms with Crippen LogP contribution in [-0.2, 0) is 6.54 Å². The molecule has 3 rings (SSSR count). The Kier molecular flexibility index (Phi) is 4.99. The van der Waals surface area contributed by atoms with E-state index in [0.717, 1.165) is 25.0 Å². The molecule has 0 radical (unpaired) electrons. The van der Waals surface area contributed by atoms with E-state index in [0.29, 0.717) is 28.6 Å². The first-order valence-corrected chi connectivity index (χ1v) is 8.86. The molecule has 1 aromatic carbocycles. The number of aromatic nitrogens is 4. The van der Waals surface area contributed by atoms with Gasteiger partial charge in [-0.3, -0.25) is 4.57 Å². The molecule has 0 unspecified atom stereocenters. The van der Waals surface area contributed by atoms with E-state index in [1.165, 1.54) is 11.1 Å². The van der Waals surface area contributed by atoms with Crippen molar-refractivity contribution in [2.24, 2.45) is 0 Å². The molecular weight excluding hydrogens is 368 g/mol. The van der Waals surface area contributed by atoms with Crippen molar-refractivity contribution in [3.05, 3.63) is 40.1 Å². The molecule has 0 atom stereocenters. The number of anilines is 2. The van der Waals surface area contributed by atoms with Gasteiger partial charge in [0.25, 0.3) is 0 Å². The van der Waals surface area contributed by atoms with Crippen molar-refractivity contribution in [3.8, 4) is 0 Å². The van der Waals surface area contributed by atoms with Gasteiger partial charge in [0.05, 0.1) is 6.54 Å². The Balaban J connectivity index is 1.96. The number of hydrogen-bond donors (Lipinski definition) is 2. The Labute approximate surface area is 149 Å². The van der Waals surface area contributed by atoms with E-state index >= 15 is 0 Å². The number of aryl methyl sites for hydroxylation is 1. The van der Waals surface area contributed by atoms with E-state index in [1.54, 1.807) is 0 Å². The third-order valence-electron chi connectivity index (χ3n) is 3.85. The van der Waals surface area contributed by atoms with E-state index in [2.05, 4.69) is 74.3 Å². The van der Waals surface area contributed by atoms with E-state index in [4.69, 9.17) is 5.73 Å². The summed E-state index contributed by atoms with van der Waals surface area (Å²) >= 11 is 3.51. The van der Waals surface area contributed by atoms with Crippen molar-refractivity contribution >= 4 is 38.9 Å². The maximum absolute atomic E-state index is 6.07. The fourth-order valence-corrected chi connectivity index (χ4v) is 2.94. The molecular formula is C17H21BrN6. The molecule has 0 saturated heterocycles. The van der Waals surface area contributed by atoms with Crippen molar-refractivity contribution in [1.82, 2.24) is 19.5 Å².